The molecule has 0 spiro atoms. The summed E-state index contributed by atoms with van der Waals surface area (Å²) >= 11 is 0. The second kappa shape index (κ2) is 5.18. The Morgan fingerprint density at radius 2 is 1.94 bits per heavy atom. The maximum absolute atomic E-state index is 6.10. The van der Waals surface area contributed by atoms with Crippen molar-refractivity contribution in [3.63, 3.8) is 0 Å². The third-order valence-corrected chi connectivity index (χ3v) is 3.52. The maximum Gasteiger partial charge on any atom is 0.236 e. The highest BCUT2D eigenvalue weighted by Crippen LogP contribution is 2.30. The van der Waals surface area contributed by atoms with Gasteiger partial charge in [-0.1, -0.05) is 0 Å². The third kappa shape index (κ3) is 2.61. The Kier molecular flexibility index (Phi) is 3.80. The van der Waals surface area contributed by atoms with Crippen LogP contribution in [0, 0.1) is 6.92 Å². The molecule has 2 rings (SSSR count). The van der Waals surface area contributed by atoms with E-state index in [1.807, 2.05) is 11.6 Å². The minimum atomic E-state index is 0.261. The summed E-state index contributed by atoms with van der Waals surface area (Å²) in [7, 11) is 2.15. The number of anilines is 1. The van der Waals surface area contributed by atoms with Crippen molar-refractivity contribution < 1.29 is 4.74 Å². The van der Waals surface area contributed by atoms with Gasteiger partial charge in [0.1, 0.15) is 11.8 Å². The standard InChI is InChI=1S/C13H24N4O/c1-9(2)17-13(12(14)10(3)15-17)18-11-5-7-16(4)8-6-11/h9,11H,5-8,14H2,1-4H3. The van der Waals surface area contributed by atoms with Gasteiger partial charge >= 0.3 is 0 Å². The summed E-state index contributed by atoms with van der Waals surface area (Å²) in [6.45, 7) is 8.27. The smallest absolute Gasteiger partial charge is 0.236 e. The molecule has 0 atom stereocenters. The lowest BCUT2D eigenvalue weighted by Gasteiger charge is -2.29. The van der Waals surface area contributed by atoms with Gasteiger partial charge in [-0.3, -0.25) is 0 Å². The van der Waals surface area contributed by atoms with Crippen molar-refractivity contribution in [1.29, 1.82) is 0 Å². The fourth-order valence-corrected chi connectivity index (χ4v) is 2.27. The summed E-state index contributed by atoms with van der Waals surface area (Å²) in [4.78, 5) is 2.33. The average molecular weight is 252 g/mol. The van der Waals surface area contributed by atoms with Crippen LogP contribution in [0.4, 0.5) is 5.69 Å². The van der Waals surface area contributed by atoms with Crippen LogP contribution in [0.15, 0.2) is 0 Å². The monoisotopic (exact) mass is 252 g/mol. The summed E-state index contributed by atoms with van der Waals surface area (Å²) in [6, 6.07) is 0.266. The Hall–Kier alpha value is -1.23. The van der Waals surface area contributed by atoms with Gasteiger partial charge in [0.25, 0.3) is 0 Å². The number of nitrogens with zero attached hydrogens (tertiary/aromatic N) is 3. The number of nitrogens with two attached hydrogens (primary N) is 1. The zero-order chi connectivity index (χ0) is 13.3. The van der Waals surface area contributed by atoms with Crippen LogP contribution in [0.3, 0.4) is 0 Å². The number of rotatable bonds is 3. The van der Waals surface area contributed by atoms with E-state index in [1.165, 1.54) is 0 Å². The lowest BCUT2D eigenvalue weighted by atomic mass is 10.1. The first-order valence-electron chi connectivity index (χ1n) is 6.68. The molecule has 102 valence electrons. The molecule has 1 aromatic rings. The zero-order valence-corrected chi connectivity index (χ0v) is 11.8. The number of piperidine rings is 1. The topological polar surface area (TPSA) is 56.3 Å². The Morgan fingerprint density at radius 1 is 1.33 bits per heavy atom. The highest BCUT2D eigenvalue weighted by molar-refractivity contribution is 5.52. The molecule has 18 heavy (non-hydrogen) atoms. The second-order valence-electron chi connectivity index (χ2n) is 5.46. The zero-order valence-electron chi connectivity index (χ0n) is 11.8. The number of aromatic nitrogens is 2. The maximum atomic E-state index is 6.10. The molecular formula is C13H24N4O. The molecule has 0 amide bonds. The molecule has 1 aliphatic heterocycles. The van der Waals surface area contributed by atoms with E-state index in [0.717, 1.165) is 37.5 Å². The highest BCUT2D eigenvalue weighted by atomic mass is 16.5. The van der Waals surface area contributed by atoms with Crippen LogP contribution in [0.25, 0.3) is 0 Å². The van der Waals surface area contributed by atoms with Gasteiger partial charge in [-0.05, 0) is 40.7 Å². The predicted molar refractivity (Wildman–Crippen MR) is 72.9 cm³/mol. The van der Waals surface area contributed by atoms with Crippen LogP contribution in [0.2, 0.25) is 0 Å². The van der Waals surface area contributed by atoms with Crippen LogP contribution in [-0.2, 0) is 0 Å². The van der Waals surface area contributed by atoms with Crippen LogP contribution in [-0.4, -0.2) is 40.9 Å². The molecule has 0 bridgehead atoms. The average Bonchev–Trinajstić information content (AvgIpc) is 2.60. The first-order valence-corrected chi connectivity index (χ1v) is 6.68. The molecule has 0 aliphatic carbocycles. The van der Waals surface area contributed by atoms with Gasteiger partial charge in [-0.2, -0.15) is 5.10 Å². The SMILES string of the molecule is Cc1nn(C(C)C)c(OC2CCN(C)CC2)c1N. The Labute approximate surface area is 109 Å². The lowest BCUT2D eigenvalue weighted by molar-refractivity contribution is 0.104. The minimum absolute atomic E-state index is 0.261. The van der Waals surface area contributed by atoms with Crippen molar-refractivity contribution in [2.45, 2.75) is 45.8 Å². The van der Waals surface area contributed by atoms with Crippen LogP contribution in [0.5, 0.6) is 5.88 Å². The lowest BCUT2D eigenvalue weighted by Crippen LogP contribution is -2.36. The van der Waals surface area contributed by atoms with E-state index < -0.39 is 0 Å². The van der Waals surface area contributed by atoms with Crippen molar-refractivity contribution in [2.24, 2.45) is 0 Å². The Bertz CT molecular complexity index is 405. The summed E-state index contributed by atoms with van der Waals surface area (Å²) in [6.07, 6.45) is 2.37. The molecule has 0 aromatic carbocycles. The number of hydrogen-bond donors (Lipinski definition) is 1. The molecule has 5 nitrogen and oxygen atoms in total. The molecule has 1 fully saturated rings. The van der Waals surface area contributed by atoms with E-state index in [2.05, 4.69) is 30.9 Å². The molecule has 0 unspecified atom stereocenters. The van der Waals surface area contributed by atoms with E-state index in [1.54, 1.807) is 0 Å². The molecule has 1 aromatic heterocycles. The Balaban J connectivity index is 2.13. The molecule has 0 saturated carbocycles. The molecular weight excluding hydrogens is 228 g/mol. The number of ether oxygens (including phenoxy) is 1. The number of likely N-dealkylation sites (tertiary alicyclic amines) is 1. The quantitative estimate of drug-likeness (QED) is 0.891. The highest BCUT2D eigenvalue weighted by Gasteiger charge is 2.23. The van der Waals surface area contributed by atoms with E-state index in [9.17, 15) is 0 Å². The van der Waals surface area contributed by atoms with Crippen LogP contribution < -0.4 is 10.5 Å². The summed E-state index contributed by atoms with van der Waals surface area (Å²) in [5, 5.41) is 4.45. The molecule has 0 radical (unpaired) electrons. The first kappa shape index (κ1) is 13.2. The van der Waals surface area contributed by atoms with Crippen molar-refractivity contribution in [2.75, 3.05) is 25.9 Å². The van der Waals surface area contributed by atoms with Gasteiger partial charge < -0.3 is 15.4 Å². The molecule has 1 aliphatic rings. The van der Waals surface area contributed by atoms with Crippen molar-refractivity contribution >= 4 is 5.69 Å². The van der Waals surface area contributed by atoms with E-state index in [-0.39, 0.29) is 12.1 Å². The number of hydrogen-bond acceptors (Lipinski definition) is 4. The van der Waals surface area contributed by atoms with Crippen LogP contribution >= 0.6 is 0 Å². The predicted octanol–water partition coefficient (Wildman–Crippen LogP) is 1.83. The van der Waals surface area contributed by atoms with Crippen molar-refractivity contribution in [3.05, 3.63) is 5.69 Å². The summed E-state index contributed by atoms with van der Waals surface area (Å²) in [5.41, 5.74) is 7.60. The normalized spacial score (nSPS) is 18.5. The minimum Gasteiger partial charge on any atom is -0.473 e. The van der Waals surface area contributed by atoms with Gasteiger partial charge in [0.15, 0.2) is 0 Å². The first-order chi connectivity index (χ1) is 8.49. The van der Waals surface area contributed by atoms with Gasteiger partial charge in [0.05, 0.1) is 11.7 Å². The van der Waals surface area contributed by atoms with Crippen molar-refractivity contribution in [3.8, 4) is 5.88 Å². The summed E-state index contributed by atoms with van der Waals surface area (Å²) < 4.78 is 7.99. The number of nitrogen functional groups attached to an aromatic ring is 1. The molecule has 1 saturated heterocycles. The fourth-order valence-electron chi connectivity index (χ4n) is 2.27. The molecule has 5 heteroatoms. The molecule has 2 N–H and O–H groups in total. The van der Waals surface area contributed by atoms with E-state index in [4.69, 9.17) is 10.5 Å². The largest absolute Gasteiger partial charge is 0.473 e. The van der Waals surface area contributed by atoms with Crippen molar-refractivity contribution in [1.82, 2.24) is 14.7 Å². The van der Waals surface area contributed by atoms with Crippen LogP contribution in [0.1, 0.15) is 38.4 Å². The van der Waals surface area contributed by atoms with E-state index >= 15 is 0 Å². The number of aryl methyl sites for hydroxylation is 1. The second-order valence-corrected chi connectivity index (χ2v) is 5.46. The van der Waals surface area contributed by atoms with Gasteiger partial charge in [0.2, 0.25) is 5.88 Å². The van der Waals surface area contributed by atoms with Gasteiger partial charge in [-0.25, -0.2) is 4.68 Å². The van der Waals surface area contributed by atoms with E-state index in [0.29, 0.717) is 5.69 Å². The van der Waals surface area contributed by atoms with Gasteiger partial charge in [0, 0.05) is 13.1 Å². The molecule has 2 heterocycles. The summed E-state index contributed by atoms with van der Waals surface area (Å²) in [5.74, 6) is 0.747. The Morgan fingerprint density at radius 3 is 2.50 bits per heavy atom. The fraction of sp³-hybridized carbons (Fsp3) is 0.769. The third-order valence-electron chi connectivity index (χ3n) is 3.52. The van der Waals surface area contributed by atoms with Gasteiger partial charge in [-0.15, -0.1) is 0 Å².